The summed E-state index contributed by atoms with van der Waals surface area (Å²) in [4.78, 5) is 4.46. The highest BCUT2D eigenvalue weighted by Gasteiger charge is 2.30. The molecular formula is C15H21ClFN3O. The zero-order valence-corrected chi connectivity index (χ0v) is 13.5. The molecule has 0 saturated carbocycles. The Morgan fingerprint density at radius 1 is 1.29 bits per heavy atom. The highest BCUT2D eigenvalue weighted by atomic mass is 35.5. The van der Waals surface area contributed by atoms with E-state index in [1.165, 1.54) is 12.1 Å². The van der Waals surface area contributed by atoms with Gasteiger partial charge in [-0.3, -0.25) is 0 Å². The lowest BCUT2D eigenvalue weighted by Crippen LogP contribution is -2.24. The number of nitrogens with one attached hydrogen (secondary N) is 1. The third-order valence-corrected chi connectivity index (χ3v) is 3.55. The molecule has 2 rings (SSSR count). The van der Waals surface area contributed by atoms with Gasteiger partial charge in [-0.05, 0) is 45.5 Å². The summed E-state index contributed by atoms with van der Waals surface area (Å²) >= 11 is 0. The molecule has 6 heteroatoms. The summed E-state index contributed by atoms with van der Waals surface area (Å²) in [6.07, 6.45) is 0.708. The van der Waals surface area contributed by atoms with Gasteiger partial charge in [0.05, 0.1) is 5.41 Å². The molecule has 2 aromatic rings. The Bertz CT molecular complexity index is 569. The summed E-state index contributed by atoms with van der Waals surface area (Å²) in [6.45, 7) is 6.03. The van der Waals surface area contributed by atoms with Crippen LogP contribution in [0, 0.1) is 5.82 Å². The highest BCUT2D eigenvalue weighted by Crippen LogP contribution is 2.30. The van der Waals surface area contributed by atoms with E-state index in [4.69, 9.17) is 4.52 Å². The van der Waals surface area contributed by atoms with Crippen LogP contribution in [0.3, 0.4) is 0 Å². The first-order valence-electron chi connectivity index (χ1n) is 6.70. The second-order valence-corrected chi connectivity index (χ2v) is 5.54. The van der Waals surface area contributed by atoms with Gasteiger partial charge in [-0.15, -0.1) is 12.4 Å². The number of rotatable bonds is 5. The van der Waals surface area contributed by atoms with Gasteiger partial charge in [-0.2, -0.15) is 4.98 Å². The van der Waals surface area contributed by atoms with Gasteiger partial charge in [0.25, 0.3) is 0 Å². The Balaban J connectivity index is 0.00000220. The maximum atomic E-state index is 13.0. The first-order valence-corrected chi connectivity index (χ1v) is 6.70. The Hall–Kier alpha value is -1.46. The standard InChI is InChI=1S/C15H20FN3O.ClH/c1-10(17-4)9-13-18-14(20-19-13)15(2,3)11-5-7-12(16)8-6-11;/h5-8,10,17H,9H2,1-4H3;1H. The lowest BCUT2D eigenvalue weighted by atomic mass is 9.84. The lowest BCUT2D eigenvalue weighted by molar-refractivity contribution is 0.328. The van der Waals surface area contributed by atoms with Crippen LogP contribution in [0.25, 0.3) is 0 Å². The number of benzene rings is 1. The number of hydrogen-bond donors (Lipinski definition) is 1. The fourth-order valence-electron chi connectivity index (χ4n) is 1.96. The smallest absolute Gasteiger partial charge is 0.236 e. The molecule has 0 radical (unpaired) electrons. The van der Waals surface area contributed by atoms with E-state index < -0.39 is 5.41 Å². The van der Waals surface area contributed by atoms with Crippen molar-refractivity contribution in [2.45, 2.75) is 38.6 Å². The van der Waals surface area contributed by atoms with Gasteiger partial charge < -0.3 is 9.84 Å². The first-order chi connectivity index (χ1) is 9.43. The summed E-state index contributed by atoms with van der Waals surface area (Å²) < 4.78 is 18.4. The number of halogens is 2. The van der Waals surface area contributed by atoms with Crippen molar-refractivity contribution < 1.29 is 8.91 Å². The van der Waals surface area contributed by atoms with Crippen LogP contribution in [0.1, 0.15) is 38.0 Å². The molecule has 1 aromatic carbocycles. The molecule has 116 valence electrons. The van der Waals surface area contributed by atoms with Crippen molar-refractivity contribution in [3.05, 3.63) is 47.4 Å². The van der Waals surface area contributed by atoms with E-state index in [1.807, 2.05) is 20.9 Å². The van der Waals surface area contributed by atoms with Crippen molar-refractivity contribution in [1.29, 1.82) is 0 Å². The molecule has 0 aliphatic heterocycles. The summed E-state index contributed by atoms with van der Waals surface area (Å²) in [6, 6.07) is 6.66. The van der Waals surface area contributed by atoms with Crippen molar-refractivity contribution in [2.75, 3.05) is 7.05 Å². The number of likely N-dealkylation sites (N-methyl/N-ethyl adjacent to an activating group) is 1. The van der Waals surface area contributed by atoms with Gasteiger partial charge in [-0.1, -0.05) is 17.3 Å². The molecule has 1 N–H and O–H groups in total. The quantitative estimate of drug-likeness (QED) is 0.921. The SMILES string of the molecule is CNC(C)Cc1noc(C(C)(C)c2ccc(F)cc2)n1.Cl. The van der Waals surface area contributed by atoms with Crippen LogP contribution >= 0.6 is 12.4 Å². The average Bonchev–Trinajstić information content (AvgIpc) is 2.88. The topological polar surface area (TPSA) is 51.0 Å². The van der Waals surface area contributed by atoms with Crippen LogP contribution in [0.2, 0.25) is 0 Å². The van der Waals surface area contributed by atoms with Crippen LogP contribution in [-0.2, 0) is 11.8 Å². The van der Waals surface area contributed by atoms with Crippen molar-refractivity contribution in [2.24, 2.45) is 0 Å². The predicted molar refractivity (Wildman–Crippen MR) is 82.3 cm³/mol. The molecule has 0 fully saturated rings. The average molecular weight is 314 g/mol. The van der Waals surface area contributed by atoms with Gasteiger partial charge in [0.2, 0.25) is 5.89 Å². The summed E-state index contributed by atoms with van der Waals surface area (Å²) in [5.41, 5.74) is 0.498. The molecule has 1 unspecified atom stereocenters. The summed E-state index contributed by atoms with van der Waals surface area (Å²) in [7, 11) is 1.90. The second-order valence-electron chi connectivity index (χ2n) is 5.54. The zero-order valence-electron chi connectivity index (χ0n) is 12.7. The second kappa shape index (κ2) is 7.00. The Morgan fingerprint density at radius 2 is 1.90 bits per heavy atom. The van der Waals surface area contributed by atoms with E-state index >= 15 is 0 Å². The summed E-state index contributed by atoms with van der Waals surface area (Å²) in [5.74, 6) is 0.970. The Labute approximate surface area is 130 Å². The van der Waals surface area contributed by atoms with Crippen LogP contribution in [0.4, 0.5) is 4.39 Å². The van der Waals surface area contributed by atoms with Crippen LogP contribution < -0.4 is 5.32 Å². The highest BCUT2D eigenvalue weighted by molar-refractivity contribution is 5.85. The molecule has 0 amide bonds. The predicted octanol–water partition coefficient (Wildman–Crippen LogP) is 3.11. The molecule has 4 nitrogen and oxygen atoms in total. The monoisotopic (exact) mass is 313 g/mol. The Morgan fingerprint density at radius 3 is 2.48 bits per heavy atom. The number of nitrogens with zero attached hydrogens (tertiary/aromatic N) is 2. The Kier molecular flexibility index (Phi) is 5.87. The molecule has 0 saturated heterocycles. The minimum Gasteiger partial charge on any atom is -0.338 e. The van der Waals surface area contributed by atoms with Gasteiger partial charge in [0.1, 0.15) is 5.82 Å². The van der Waals surface area contributed by atoms with Crippen molar-refractivity contribution in [1.82, 2.24) is 15.5 Å². The maximum Gasteiger partial charge on any atom is 0.236 e. The van der Waals surface area contributed by atoms with E-state index in [0.717, 1.165) is 5.56 Å². The molecule has 1 heterocycles. The molecular weight excluding hydrogens is 293 g/mol. The van der Waals surface area contributed by atoms with E-state index in [2.05, 4.69) is 22.4 Å². The molecule has 0 bridgehead atoms. The fraction of sp³-hybridized carbons (Fsp3) is 0.467. The molecule has 0 spiro atoms. The fourth-order valence-corrected chi connectivity index (χ4v) is 1.96. The lowest BCUT2D eigenvalue weighted by Gasteiger charge is -2.20. The van der Waals surface area contributed by atoms with Crippen LogP contribution in [0.5, 0.6) is 0 Å². The van der Waals surface area contributed by atoms with Gasteiger partial charge in [-0.25, -0.2) is 4.39 Å². The van der Waals surface area contributed by atoms with E-state index in [1.54, 1.807) is 12.1 Å². The van der Waals surface area contributed by atoms with E-state index in [9.17, 15) is 4.39 Å². The van der Waals surface area contributed by atoms with E-state index in [-0.39, 0.29) is 24.3 Å². The first kappa shape index (κ1) is 17.6. The normalized spacial score (nSPS) is 12.8. The van der Waals surface area contributed by atoms with Gasteiger partial charge in [0, 0.05) is 12.5 Å². The van der Waals surface area contributed by atoms with Crippen molar-refractivity contribution in [3.63, 3.8) is 0 Å². The van der Waals surface area contributed by atoms with Gasteiger partial charge in [0.15, 0.2) is 5.82 Å². The third kappa shape index (κ3) is 4.02. The maximum absolute atomic E-state index is 13.0. The molecule has 1 atom stereocenters. The zero-order chi connectivity index (χ0) is 14.8. The van der Waals surface area contributed by atoms with Gasteiger partial charge >= 0.3 is 0 Å². The van der Waals surface area contributed by atoms with Crippen LogP contribution in [0.15, 0.2) is 28.8 Å². The van der Waals surface area contributed by atoms with Crippen LogP contribution in [-0.4, -0.2) is 23.2 Å². The molecule has 0 aliphatic rings. The minimum atomic E-state index is -0.443. The molecule has 0 aliphatic carbocycles. The van der Waals surface area contributed by atoms with E-state index in [0.29, 0.717) is 18.1 Å². The minimum absolute atomic E-state index is 0. The molecule has 1 aromatic heterocycles. The molecule has 21 heavy (non-hydrogen) atoms. The third-order valence-electron chi connectivity index (χ3n) is 3.55. The van der Waals surface area contributed by atoms with Crippen molar-refractivity contribution in [3.8, 4) is 0 Å². The number of hydrogen-bond acceptors (Lipinski definition) is 4. The largest absolute Gasteiger partial charge is 0.338 e. The number of aromatic nitrogens is 2. The summed E-state index contributed by atoms with van der Waals surface area (Å²) in [5, 5.41) is 7.15. The van der Waals surface area contributed by atoms with Crippen molar-refractivity contribution >= 4 is 12.4 Å².